The first-order valence-electron chi connectivity index (χ1n) is 8.55. The van der Waals surface area contributed by atoms with E-state index in [4.69, 9.17) is 4.74 Å². The van der Waals surface area contributed by atoms with E-state index in [1.54, 1.807) is 34.4 Å². The summed E-state index contributed by atoms with van der Waals surface area (Å²) >= 11 is 0. The van der Waals surface area contributed by atoms with Crippen molar-refractivity contribution in [2.24, 2.45) is 5.92 Å². The van der Waals surface area contributed by atoms with E-state index in [9.17, 15) is 9.59 Å². The SMILES string of the molecule is CC(C)(C)OC(=O)N1CC[C@H](C(=O)Nc2cn(-c3cccnc3)cn2)C1. The third-order valence-corrected chi connectivity index (χ3v) is 3.99. The van der Waals surface area contributed by atoms with Gasteiger partial charge in [-0.25, -0.2) is 9.78 Å². The van der Waals surface area contributed by atoms with Gasteiger partial charge in [-0.3, -0.25) is 9.78 Å². The van der Waals surface area contributed by atoms with Crippen molar-refractivity contribution >= 4 is 17.8 Å². The van der Waals surface area contributed by atoms with E-state index in [0.717, 1.165) is 5.69 Å². The predicted molar refractivity (Wildman–Crippen MR) is 95.9 cm³/mol. The number of hydrogen-bond donors (Lipinski definition) is 1. The third kappa shape index (κ3) is 4.38. The minimum absolute atomic E-state index is 0.146. The summed E-state index contributed by atoms with van der Waals surface area (Å²) in [5.41, 5.74) is 0.314. The molecule has 1 fully saturated rings. The Morgan fingerprint density at radius 2 is 2.15 bits per heavy atom. The molecule has 2 aromatic rings. The molecule has 1 atom stereocenters. The number of ether oxygens (including phenoxy) is 1. The van der Waals surface area contributed by atoms with Gasteiger partial charge in [0, 0.05) is 19.3 Å². The number of pyridine rings is 1. The molecule has 0 aliphatic carbocycles. The average Bonchev–Trinajstić information content (AvgIpc) is 3.23. The number of nitrogens with one attached hydrogen (secondary N) is 1. The molecule has 1 aliphatic heterocycles. The van der Waals surface area contributed by atoms with Crippen molar-refractivity contribution in [3.05, 3.63) is 37.1 Å². The fourth-order valence-corrected chi connectivity index (χ4v) is 2.73. The number of carbonyl (C=O) groups excluding carboxylic acids is 2. The van der Waals surface area contributed by atoms with Crippen molar-refractivity contribution in [2.75, 3.05) is 18.4 Å². The highest BCUT2D eigenvalue weighted by Gasteiger charge is 2.33. The molecule has 2 amide bonds. The Labute approximate surface area is 152 Å². The van der Waals surface area contributed by atoms with Crippen molar-refractivity contribution in [2.45, 2.75) is 32.8 Å². The molecule has 0 bridgehead atoms. The maximum Gasteiger partial charge on any atom is 0.410 e. The number of hydrogen-bond acceptors (Lipinski definition) is 5. The lowest BCUT2D eigenvalue weighted by atomic mass is 10.1. The summed E-state index contributed by atoms with van der Waals surface area (Å²) in [4.78, 5) is 34.4. The van der Waals surface area contributed by atoms with Crippen LogP contribution in [0.4, 0.5) is 10.6 Å². The molecule has 3 rings (SSSR count). The van der Waals surface area contributed by atoms with Crippen LogP contribution in [-0.4, -0.2) is 50.1 Å². The highest BCUT2D eigenvalue weighted by molar-refractivity contribution is 5.92. The van der Waals surface area contributed by atoms with E-state index in [2.05, 4.69) is 15.3 Å². The van der Waals surface area contributed by atoms with E-state index in [1.807, 2.05) is 32.9 Å². The van der Waals surface area contributed by atoms with E-state index in [-0.39, 0.29) is 17.9 Å². The van der Waals surface area contributed by atoms with E-state index >= 15 is 0 Å². The largest absolute Gasteiger partial charge is 0.444 e. The first-order valence-corrected chi connectivity index (χ1v) is 8.55. The summed E-state index contributed by atoms with van der Waals surface area (Å²) in [6.07, 6.45) is 6.98. The molecule has 1 aliphatic rings. The zero-order valence-corrected chi connectivity index (χ0v) is 15.2. The van der Waals surface area contributed by atoms with Crippen LogP contribution in [0.5, 0.6) is 0 Å². The zero-order chi connectivity index (χ0) is 18.7. The number of imidazole rings is 1. The van der Waals surface area contributed by atoms with Crippen LogP contribution in [0.15, 0.2) is 37.1 Å². The summed E-state index contributed by atoms with van der Waals surface area (Å²) in [5, 5.41) is 2.81. The molecule has 0 unspecified atom stereocenters. The molecule has 0 aromatic carbocycles. The second-order valence-electron chi connectivity index (χ2n) is 7.28. The Balaban J connectivity index is 1.56. The first kappa shape index (κ1) is 17.9. The Bertz CT molecular complexity index is 782. The number of carbonyl (C=O) groups is 2. The molecule has 26 heavy (non-hydrogen) atoms. The molecule has 0 spiro atoms. The molecule has 3 heterocycles. The molecule has 1 N–H and O–H groups in total. The van der Waals surface area contributed by atoms with Crippen LogP contribution in [-0.2, 0) is 9.53 Å². The second-order valence-corrected chi connectivity index (χ2v) is 7.28. The van der Waals surface area contributed by atoms with Crippen molar-refractivity contribution in [1.29, 1.82) is 0 Å². The highest BCUT2D eigenvalue weighted by Crippen LogP contribution is 2.21. The molecule has 8 nitrogen and oxygen atoms in total. The Morgan fingerprint density at radius 3 is 2.85 bits per heavy atom. The van der Waals surface area contributed by atoms with Crippen molar-refractivity contribution in [3.8, 4) is 5.69 Å². The molecule has 2 aromatic heterocycles. The van der Waals surface area contributed by atoms with Crippen molar-refractivity contribution < 1.29 is 14.3 Å². The van der Waals surface area contributed by atoms with Crippen LogP contribution in [0.2, 0.25) is 0 Å². The first-order chi connectivity index (χ1) is 12.3. The van der Waals surface area contributed by atoms with Gasteiger partial charge in [0.05, 0.1) is 24.0 Å². The Hall–Kier alpha value is -2.90. The zero-order valence-electron chi connectivity index (χ0n) is 15.2. The molecular formula is C18H23N5O3. The lowest BCUT2D eigenvalue weighted by Crippen LogP contribution is -2.36. The topological polar surface area (TPSA) is 89.4 Å². The number of nitrogens with zero attached hydrogens (tertiary/aromatic N) is 4. The number of aromatic nitrogens is 3. The molecule has 0 radical (unpaired) electrons. The summed E-state index contributed by atoms with van der Waals surface area (Å²) < 4.78 is 7.14. The number of anilines is 1. The van der Waals surface area contributed by atoms with Crippen LogP contribution in [0.1, 0.15) is 27.2 Å². The maximum atomic E-state index is 12.5. The third-order valence-electron chi connectivity index (χ3n) is 3.99. The normalized spacial score (nSPS) is 17.2. The van der Waals surface area contributed by atoms with Gasteiger partial charge in [-0.1, -0.05) is 0 Å². The predicted octanol–water partition coefficient (Wildman–Crippen LogP) is 2.46. The molecule has 8 heteroatoms. The van der Waals surface area contributed by atoms with Crippen molar-refractivity contribution in [3.63, 3.8) is 0 Å². The summed E-state index contributed by atoms with van der Waals surface area (Å²) in [6, 6.07) is 3.73. The summed E-state index contributed by atoms with van der Waals surface area (Å²) in [6.45, 7) is 6.33. The van der Waals surface area contributed by atoms with Crippen LogP contribution < -0.4 is 5.32 Å². The average molecular weight is 357 g/mol. The van der Waals surface area contributed by atoms with Gasteiger partial charge < -0.3 is 19.5 Å². The van der Waals surface area contributed by atoms with Gasteiger partial charge in [0.25, 0.3) is 0 Å². The highest BCUT2D eigenvalue weighted by atomic mass is 16.6. The van der Waals surface area contributed by atoms with Crippen LogP contribution in [0.3, 0.4) is 0 Å². The fourth-order valence-electron chi connectivity index (χ4n) is 2.73. The Kier molecular flexibility index (Phi) is 4.92. The molecule has 1 saturated heterocycles. The standard InChI is InChI=1S/C18H23N5O3/c1-18(2,3)26-17(25)22-8-6-13(10-22)16(24)21-15-11-23(12-20-15)14-5-4-7-19-9-14/h4-5,7,9,11-13H,6,8,10H2,1-3H3,(H,21,24)/t13-/m0/s1. The summed E-state index contributed by atoms with van der Waals surface area (Å²) in [7, 11) is 0. The van der Waals surface area contributed by atoms with Crippen LogP contribution in [0, 0.1) is 5.92 Å². The van der Waals surface area contributed by atoms with E-state index < -0.39 is 5.60 Å². The van der Waals surface area contributed by atoms with Gasteiger partial charge in [-0.15, -0.1) is 0 Å². The molecule has 138 valence electrons. The van der Waals surface area contributed by atoms with Gasteiger partial charge in [-0.2, -0.15) is 0 Å². The summed E-state index contributed by atoms with van der Waals surface area (Å²) in [5.74, 6) is 0.0492. The van der Waals surface area contributed by atoms with Gasteiger partial charge in [-0.05, 0) is 39.3 Å². The minimum Gasteiger partial charge on any atom is -0.444 e. The minimum atomic E-state index is -0.545. The van der Waals surface area contributed by atoms with Gasteiger partial charge >= 0.3 is 6.09 Å². The lowest BCUT2D eigenvalue weighted by molar-refractivity contribution is -0.119. The number of amides is 2. The number of likely N-dealkylation sites (tertiary alicyclic amines) is 1. The maximum absolute atomic E-state index is 12.5. The van der Waals surface area contributed by atoms with E-state index in [0.29, 0.717) is 25.3 Å². The molecule has 0 saturated carbocycles. The fraction of sp³-hybridized carbons (Fsp3) is 0.444. The van der Waals surface area contributed by atoms with Crippen LogP contribution in [0.25, 0.3) is 5.69 Å². The van der Waals surface area contributed by atoms with E-state index in [1.165, 1.54) is 0 Å². The quantitative estimate of drug-likeness (QED) is 0.911. The van der Waals surface area contributed by atoms with Crippen LogP contribution >= 0.6 is 0 Å². The lowest BCUT2D eigenvalue weighted by Gasteiger charge is -2.24. The number of rotatable bonds is 3. The second kappa shape index (κ2) is 7.15. The Morgan fingerprint density at radius 1 is 1.35 bits per heavy atom. The monoisotopic (exact) mass is 357 g/mol. The molecular weight excluding hydrogens is 334 g/mol. The van der Waals surface area contributed by atoms with Crippen molar-refractivity contribution in [1.82, 2.24) is 19.4 Å². The van der Waals surface area contributed by atoms with Gasteiger partial charge in [0.15, 0.2) is 5.82 Å². The van der Waals surface area contributed by atoms with Gasteiger partial charge in [0.2, 0.25) is 5.91 Å². The van der Waals surface area contributed by atoms with Gasteiger partial charge in [0.1, 0.15) is 11.9 Å². The smallest absolute Gasteiger partial charge is 0.410 e.